The minimum atomic E-state index is -1.57. The molecule has 0 atom stereocenters. The third-order valence-electron chi connectivity index (χ3n) is 2.25. The van der Waals surface area contributed by atoms with Crippen molar-refractivity contribution in [2.24, 2.45) is 0 Å². The van der Waals surface area contributed by atoms with E-state index in [-0.39, 0.29) is 10.6 Å². The predicted octanol–water partition coefficient (Wildman–Crippen LogP) is 1.47. The van der Waals surface area contributed by atoms with Crippen molar-refractivity contribution in [1.29, 1.82) is 0 Å². The van der Waals surface area contributed by atoms with Gasteiger partial charge in [-0.05, 0) is 0 Å². The van der Waals surface area contributed by atoms with Crippen LogP contribution in [0.2, 0.25) is 0 Å². The van der Waals surface area contributed by atoms with E-state index < -0.39 is 38.7 Å². The number of carboxylic acids is 1. The Morgan fingerprint density at radius 3 is 2.33 bits per heavy atom. The van der Waals surface area contributed by atoms with Crippen LogP contribution in [0.15, 0.2) is 17.0 Å². The lowest BCUT2D eigenvalue weighted by Gasteiger charge is -2.06. The fraction of sp³-hybridized carbons (Fsp3) is 0.200. The number of hydrogen-bond donors (Lipinski definition) is 1. The van der Waals surface area contributed by atoms with Crippen molar-refractivity contribution in [3.8, 4) is 0 Å². The summed E-state index contributed by atoms with van der Waals surface area (Å²) in [7, 11) is 1.10. The van der Waals surface area contributed by atoms with Gasteiger partial charge in [0.05, 0.1) is 34.3 Å². The smallest absolute Gasteiger partial charge is 0.337 e. The molecule has 1 aromatic carbocycles. The normalized spacial score (nSPS) is 9.95. The lowest BCUT2D eigenvalue weighted by atomic mass is 10.1. The minimum absolute atomic E-state index is 0.344. The third kappa shape index (κ3) is 3.89. The van der Waals surface area contributed by atoms with E-state index in [0.29, 0.717) is 23.9 Å². The molecule has 0 saturated heterocycles. The zero-order valence-electron chi connectivity index (χ0n) is 10.5. The molecule has 0 aliphatic rings. The van der Waals surface area contributed by atoms with Gasteiger partial charge < -0.3 is 9.84 Å². The number of aromatic carboxylic acids is 1. The van der Waals surface area contributed by atoms with Gasteiger partial charge in [0.15, 0.2) is 0 Å². The van der Waals surface area contributed by atoms with Crippen molar-refractivity contribution in [2.75, 3.05) is 12.9 Å². The Kier molecular flexibility index (Phi) is 5.18. The highest BCUT2D eigenvalue weighted by molar-refractivity contribution is 8.00. The molecule has 21 heavy (non-hydrogen) atoms. The van der Waals surface area contributed by atoms with Crippen LogP contribution in [0.1, 0.15) is 10.4 Å². The number of rotatable bonds is 6. The standard InChI is InChI=1S/C10H8N2O8S/c1-20-8(13)4-21-9-6(10(14)15)2-5(11(16)17)3-7(9)12(18)19/h2-3H,4H2,1H3,(H,14,15). The molecular formula is C10H8N2O8S. The predicted molar refractivity (Wildman–Crippen MR) is 69.5 cm³/mol. The fourth-order valence-corrected chi connectivity index (χ4v) is 2.30. The highest BCUT2D eigenvalue weighted by Gasteiger charge is 2.28. The lowest BCUT2D eigenvalue weighted by molar-refractivity contribution is -0.396. The van der Waals surface area contributed by atoms with Crippen LogP contribution in [0.4, 0.5) is 11.4 Å². The first-order valence-electron chi connectivity index (χ1n) is 5.17. The fourth-order valence-electron chi connectivity index (χ4n) is 1.34. The summed E-state index contributed by atoms with van der Waals surface area (Å²) in [5.41, 5.74) is -2.10. The maximum atomic E-state index is 11.1. The van der Waals surface area contributed by atoms with Gasteiger partial charge >= 0.3 is 11.9 Å². The zero-order valence-corrected chi connectivity index (χ0v) is 11.3. The van der Waals surface area contributed by atoms with Crippen molar-refractivity contribution in [3.63, 3.8) is 0 Å². The molecule has 10 nitrogen and oxygen atoms in total. The van der Waals surface area contributed by atoms with Crippen LogP contribution >= 0.6 is 11.8 Å². The summed E-state index contributed by atoms with van der Waals surface area (Å²) >= 11 is 0.564. The average molecular weight is 316 g/mol. The Morgan fingerprint density at radius 1 is 1.29 bits per heavy atom. The number of hydrogen-bond acceptors (Lipinski definition) is 8. The minimum Gasteiger partial charge on any atom is -0.478 e. The van der Waals surface area contributed by atoms with Gasteiger partial charge in [-0.2, -0.15) is 0 Å². The van der Waals surface area contributed by atoms with Gasteiger partial charge in [0.1, 0.15) is 4.90 Å². The maximum Gasteiger partial charge on any atom is 0.337 e. The molecule has 112 valence electrons. The van der Waals surface area contributed by atoms with Crippen LogP contribution in [0.5, 0.6) is 0 Å². The molecule has 0 radical (unpaired) electrons. The molecule has 0 heterocycles. The zero-order chi connectivity index (χ0) is 16.2. The molecule has 1 aromatic rings. The largest absolute Gasteiger partial charge is 0.478 e. The van der Waals surface area contributed by atoms with Crippen molar-refractivity contribution in [2.45, 2.75) is 4.90 Å². The SMILES string of the molecule is COC(=O)CSc1c(C(=O)O)cc([N+](=O)[O-])cc1[N+](=O)[O-]. The molecule has 1 N–H and O–H groups in total. The average Bonchev–Trinajstić information content (AvgIpc) is 2.43. The van der Waals surface area contributed by atoms with Gasteiger partial charge in [-0.25, -0.2) is 4.79 Å². The van der Waals surface area contributed by atoms with Gasteiger partial charge in [0.2, 0.25) is 0 Å². The van der Waals surface area contributed by atoms with E-state index in [9.17, 15) is 29.8 Å². The first-order valence-corrected chi connectivity index (χ1v) is 6.16. The number of methoxy groups -OCH3 is 1. The Hall–Kier alpha value is -2.69. The summed E-state index contributed by atoms with van der Waals surface area (Å²) in [5, 5.41) is 30.7. The van der Waals surface area contributed by atoms with Gasteiger partial charge in [-0.1, -0.05) is 0 Å². The molecule has 0 amide bonds. The summed E-state index contributed by atoms with van der Waals surface area (Å²) < 4.78 is 4.35. The molecule has 1 rings (SSSR count). The number of carbonyl (C=O) groups is 2. The van der Waals surface area contributed by atoms with E-state index in [0.717, 1.165) is 7.11 Å². The molecule has 0 unspecified atom stereocenters. The first-order chi connectivity index (χ1) is 9.77. The first kappa shape index (κ1) is 16.4. The highest BCUT2D eigenvalue weighted by Crippen LogP contribution is 2.36. The number of non-ortho nitro benzene ring substituents is 1. The van der Waals surface area contributed by atoms with E-state index in [1.807, 2.05) is 0 Å². The third-order valence-corrected chi connectivity index (χ3v) is 3.35. The molecule has 0 aliphatic carbocycles. The second-order valence-corrected chi connectivity index (χ2v) is 4.51. The Labute approximate surface area is 121 Å². The van der Waals surface area contributed by atoms with Crippen LogP contribution in [-0.2, 0) is 9.53 Å². The number of nitro benzene ring substituents is 2. The molecule has 0 fully saturated rings. The summed E-state index contributed by atoms with van der Waals surface area (Å²) in [6.45, 7) is 0. The van der Waals surface area contributed by atoms with Crippen LogP contribution in [-0.4, -0.2) is 39.8 Å². The number of esters is 1. The molecule has 11 heteroatoms. The van der Waals surface area contributed by atoms with E-state index in [2.05, 4.69) is 4.74 Å². The second-order valence-electron chi connectivity index (χ2n) is 3.53. The summed E-state index contributed by atoms with van der Waals surface area (Å²) in [4.78, 5) is 41.6. The van der Waals surface area contributed by atoms with E-state index >= 15 is 0 Å². The van der Waals surface area contributed by atoms with Crippen LogP contribution < -0.4 is 0 Å². The molecular weight excluding hydrogens is 308 g/mol. The van der Waals surface area contributed by atoms with Crippen LogP contribution in [0.3, 0.4) is 0 Å². The lowest BCUT2D eigenvalue weighted by Crippen LogP contribution is -2.08. The quantitative estimate of drug-likeness (QED) is 0.356. The van der Waals surface area contributed by atoms with Gasteiger partial charge in [-0.15, -0.1) is 11.8 Å². The van der Waals surface area contributed by atoms with Gasteiger partial charge in [0.25, 0.3) is 11.4 Å². The maximum absolute atomic E-state index is 11.1. The number of carboxylic acid groups (broad SMARTS) is 1. The molecule has 0 aromatic heterocycles. The summed E-state index contributed by atoms with van der Waals surface area (Å²) in [6, 6.07) is 1.35. The number of thioether (sulfide) groups is 1. The number of nitro groups is 2. The Morgan fingerprint density at radius 2 is 1.90 bits per heavy atom. The van der Waals surface area contributed by atoms with Crippen LogP contribution in [0.25, 0.3) is 0 Å². The molecule has 0 bridgehead atoms. The Balaban J connectivity index is 3.42. The van der Waals surface area contributed by atoms with Crippen molar-refractivity contribution < 1.29 is 29.3 Å². The van der Waals surface area contributed by atoms with E-state index in [4.69, 9.17) is 5.11 Å². The van der Waals surface area contributed by atoms with Crippen molar-refractivity contribution >= 4 is 35.1 Å². The highest BCUT2D eigenvalue weighted by atomic mass is 32.2. The number of carbonyl (C=O) groups excluding carboxylic acids is 1. The number of nitrogens with zero attached hydrogens (tertiary/aromatic N) is 2. The molecule has 0 saturated carbocycles. The topological polar surface area (TPSA) is 150 Å². The summed E-state index contributed by atoms with van der Waals surface area (Å²) in [6.07, 6.45) is 0. The molecule has 0 aliphatic heterocycles. The van der Waals surface area contributed by atoms with Crippen molar-refractivity contribution in [3.05, 3.63) is 37.9 Å². The van der Waals surface area contributed by atoms with Crippen molar-refractivity contribution in [1.82, 2.24) is 0 Å². The number of ether oxygens (including phenoxy) is 1. The monoisotopic (exact) mass is 316 g/mol. The van der Waals surface area contributed by atoms with E-state index in [1.54, 1.807) is 0 Å². The van der Waals surface area contributed by atoms with Gasteiger partial charge in [0, 0.05) is 6.07 Å². The Bertz CT molecular complexity index is 594. The second kappa shape index (κ2) is 6.65. The number of benzene rings is 1. The summed E-state index contributed by atoms with van der Waals surface area (Å²) in [5.74, 6) is -2.66. The van der Waals surface area contributed by atoms with E-state index in [1.165, 1.54) is 0 Å². The molecule has 0 spiro atoms. The van der Waals surface area contributed by atoms with Gasteiger partial charge in [-0.3, -0.25) is 25.0 Å². The van der Waals surface area contributed by atoms with Crippen LogP contribution in [0, 0.1) is 20.2 Å².